The topological polar surface area (TPSA) is 46.3 Å². The zero-order valence-electron chi connectivity index (χ0n) is 9.79. The van der Waals surface area contributed by atoms with Gasteiger partial charge in [-0.15, -0.1) is 0 Å². The van der Waals surface area contributed by atoms with Crippen molar-refractivity contribution in [1.82, 2.24) is 4.90 Å². The highest BCUT2D eigenvalue weighted by atomic mass is 35.5. The van der Waals surface area contributed by atoms with Crippen LogP contribution in [0.1, 0.15) is 23.2 Å². The number of rotatable bonds is 2. The van der Waals surface area contributed by atoms with Crippen molar-refractivity contribution in [3.05, 3.63) is 28.8 Å². The highest BCUT2D eigenvalue weighted by Crippen LogP contribution is 2.40. The molecule has 2 N–H and O–H groups in total. The van der Waals surface area contributed by atoms with Crippen molar-refractivity contribution >= 4 is 23.2 Å². The first-order chi connectivity index (χ1) is 8.30. The molecule has 0 bridgehead atoms. The third-order valence-electron chi connectivity index (χ3n) is 3.16. The zero-order chi connectivity index (χ0) is 13.5. The van der Waals surface area contributed by atoms with Gasteiger partial charge in [0.15, 0.2) is 0 Å². The lowest BCUT2D eigenvalue weighted by molar-refractivity contribution is -0.112. The lowest BCUT2D eigenvalue weighted by atomic mass is 9.87. The minimum Gasteiger partial charge on any atom is -0.399 e. The van der Waals surface area contributed by atoms with E-state index in [1.165, 1.54) is 24.1 Å². The van der Waals surface area contributed by atoms with Crippen molar-refractivity contribution in [3.8, 4) is 0 Å². The summed E-state index contributed by atoms with van der Waals surface area (Å²) in [6, 6.07) is 4.12. The van der Waals surface area contributed by atoms with E-state index >= 15 is 0 Å². The molecule has 0 radical (unpaired) electrons. The van der Waals surface area contributed by atoms with Gasteiger partial charge in [0.25, 0.3) is 11.8 Å². The molecular formula is C12H13ClF2N2O. The van der Waals surface area contributed by atoms with E-state index in [-0.39, 0.29) is 29.3 Å². The summed E-state index contributed by atoms with van der Waals surface area (Å²) in [5, 5.41) is 0.270. The van der Waals surface area contributed by atoms with E-state index < -0.39 is 12.0 Å². The van der Waals surface area contributed by atoms with Gasteiger partial charge < -0.3 is 10.6 Å². The first-order valence-electron chi connectivity index (χ1n) is 5.50. The molecule has 1 aliphatic carbocycles. The second-order valence-corrected chi connectivity index (χ2v) is 4.98. The van der Waals surface area contributed by atoms with Gasteiger partial charge in [-0.2, -0.15) is 0 Å². The van der Waals surface area contributed by atoms with E-state index in [4.69, 9.17) is 17.3 Å². The number of carbonyl (C=O) groups excluding carboxylic acids is 1. The van der Waals surface area contributed by atoms with Gasteiger partial charge in [0, 0.05) is 31.6 Å². The highest BCUT2D eigenvalue weighted by molar-refractivity contribution is 6.34. The molecule has 6 heteroatoms. The standard InChI is InChI=1S/C12H13ClF2N2O/c1-17(8-5-12(14,15)6-8)11(18)9-4-7(16)2-3-10(9)13/h2-4,8H,5-6,16H2,1H3. The van der Waals surface area contributed by atoms with Crippen LogP contribution in [0.5, 0.6) is 0 Å². The maximum atomic E-state index is 12.8. The van der Waals surface area contributed by atoms with Crippen molar-refractivity contribution in [1.29, 1.82) is 0 Å². The van der Waals surface area contributed by atoms with Crippen molar-refractivity contribution in [3.63, 3.8) is 0 Å². The normalized spacial score (nSPS) is 18.2. The monoisotopic (exact) mass is 274 g/mol. The first-order valence-corrected chi connectivity index (χ1v) is 5.88. The Hall–Kier alpha value is -1.36. The molecule has 1 aliphatic rings. The summed E-state index contributed by atoms with van der Waals surface area (Å²) in [4.78, 5) is 13.4. The molecule has 0 atom stereocenters. The Morgan fingerprint density at radius 3 is 2.67 bits per heavy atom. The van der Waals surface area contributed by atoms with Crippen LogP contribution in [-0.2, 0) is 0 Å². The molecule has 3 nitrogen and oxygen atoms in total. The molecule has 0 unspecified atom stereocenters. The summed E-state index contributed by atoms with van der Waals surface area (Å²) in [7, 11) is 1.50. The third kappa shape index (κ3) is 2.41. The quantitative estimate of drug-likeness (QED) is 0.843. The fourth-order valence-electron chi connectivity index (χ4n) is 1.97. The minimum atomic E-state index is -2.65. The summed E-state index contributed by atoms with van der Waals surface area (Å²) in [6.45, 7) is 0. The minimum absolute atomic E-state index is 0.245. The van der Waals surface area contributed by atoms with Gasteiger partial charge in [0.05, 0.1) is 10.6 Å². The van der Waals surface area contributed by atoms with Gasteiger partial charge >= 0.3 is 0 Å². The van der Waals surface area contributed by atoms with E-state index in [0.717, 1.165) is 0 Å². The van der Waals surface area contributed by atoms with E-state index in [1.807, 2.05) is 0 Å². The summed E-state index contributed by atoms with van der Waals surface area (Å²) >= 11 is 5.91. The van der Waals surface area contributed by atoms with Gasteiger partial charge in [0.1, 0.15) is 0 Å². The second-order valence-electron chi connectivity index (χ2n) is 4.57. The number of benzene rings is 1. The Morgan fingerprint density at radius 1 is 1.50 bits per heavy atom. The molecule has 0 aromatic heterocycles. The summed E-state index contributed by atoms with van der Waals surface area (Å²) in [5.74, 6) is -3.04. The van der Waals surface area contributed by atoms with Crippen LogP contribution in [0.4, 0.5) is 14.5 Å². The van der Waals surface area contributed by atoms with Gasteiger partial charge in [-0.25, -0.2) is 8.78 Å². The smallest absolute Gasteiger partial charge is 0.255 e. The Bertz CT molecular complexity index is 485. The Kier molecular flexibility index (Phi) is 3.19. The number of carbonyl (C=O) groups is 1. The molecule has 1 amide bonds. The average molecular weight is 275 g/mol. The maximum Gasteiger partial charge on any atom is 0.255 e. The molecule has 0 heterocycles. The number of nitrogens with zero attached hydrogens (tertiary/aromatic N) is 1. The van der Waals surface area contributed by atoms with Gasteiger partial charge in [-0.05, 0) is 18.2 Å². The van der Waals surface area contributed by atoms with Crippen LogP contribution in [0.25, 0.3) is 0 Å². The van der Waals surface area contributed by atoms with E-state index in [2.05, 4.69) is 0 Å². The zero-order valence-corrected chi connectivity index (χ0v) is 10.5. The molecule has 1 aromatic rings. The van der Waals surface area contributed by atoms with Crippen molar-refractivity contribution in [2.75, 3.05) is 12.8 Å². The number of nitrogen functional groups attached to an aromatic ring is 1. The predicted octanol–water partition coefficient (Wildman–Crippen LogP) is 2.79. The largest absolute Gasteiger partial charge is 0.399 e. The molecule has 1 fully saturated rings. The Morgan fingerprint density at radius 2 is 2.11 bits per heavy atom. The van der Waals surface area contributed by atoms with Gasteiger partial charge in [0.2, 0.25) is 0 Å². The van der Waals surface area contributed by atoms with Crippen molar-refractivity contribution in [2.24, 2.45) is 0 Å². The van der Waals surface area contributed by atoms with Crippen LogP contribution >= 0.6 is 11.6 Å². The van der Waals surface area contributed by atoms with Crippen LogP contribution in [-0.4, -0.2) is 29.8 Å². The molecule has 1 saturated carbocycles. The molecule has 98 valence electrons. The lowest BCUT2D eigenvalue weighted by Gasteiger charge is -2.40. The second kappa shape index (κ2) is 4.39. The summed E-state index contributed by atoms with van der Waals surface area (Å²) < 4.78 is 25.5. The molecule has 2 rings (SSSR count). The van der Waals surface area contributed by atoms with E-state index in [1.54, 1.807) is 6.07 Å². The van der Waals surface area contributed by atoms with Crippen LogP contribution in [0.3, 0.4) is 0 Å². The number of hydrogen-bond donors (Lipinski definition) is 1. The predicted molar refractivity (Wildman–Crippen MR) is 65.9 cm³/mol. The molecule has 0 saturated heterocycles. The maximum absolute atomic E-state index is 12.8. The summed E-state index contributed by atoms with van der Waals surface area (Å²) in [5.41, 5.74) is 6.24. The van der Waals surface area contributed by atoms with Crippen molar-refractivity contribution < 1.29 is 13.6 Å². The van der Waals surface area contributed by atoms with Crippen LogP contribution in [0.15, 0.2) is 18.2 Å². The number of alkyl halides is 2. The number of hydrogen-bond acceptors (Lipinski definition) is 2. The van der Waals surface area contributed by atoms with Gasteiger partial charge in [-0.1, -0.05) is 11.6 Å². The van der Waals surface area contributed by atoms with Gasteiger partial charge in [-0.3, -0.25) is 4.79 Å². The fourth-order valence-corrected chi connectivity index (χ4v) is 2.16. The van der Waals surface area contributed by atoms with E-state index in [9.17, 15) is 13.6 Å². The first kappa shape index (κ1) is 13.1. The van der Waals surface area contributed by atoms with Crippen LogP contribution < -0.4 is 5.73 Å². The summed E-state index contributed by atoms with van der Waals surface area (Å²) in [6.07, 6.45) is -0.593. The molecule has 0 aliphatic heterocycles. The van der Waals surface area contributed by atoms with E-state index in [0.29, 0.717) is 5.69 Å². The Labute approximate surface area is 109 Å². The highest BCUT2D eigenvalue weighted by Gasteiger charge is 2.48. The number of halogens is 3. The third-order valence-corrected chi connectivity index (χ3v) is 3.49. The van der Waals surface area contributed by atoms with Crippen molar-refractivity contribution in [2.45, 2.75) is 24.8 Å². The Balaban J connectivity index is 2.14. The fraction of sp³-hybridized carbons (Fsp3) is 0.417. The molecule has 18 heavy (non-hydrogen) atoms. The number of amides is 1. The van der Waals surface area contributed by atoms with Crippen LogP contribution in [0, 0.1) is 0 Å². The number of anilines is 1. The molecule has 1 aromatic carbocycles. The SMILES string of the molecule is CN(C(=O)c1cc(N)ccc1Cl)C1CC(F)(F)C1. The molecule has 0 spiro atoms. The number of nitrogens with two attached hydrogens (primary N) is 1. The average Bonchev–Trinajstić information content (AvgIpc) is 2.27. The lowest BCUT2D eigenvalue weighted by Crippen LogP contribution is -2.51. The van der Waals surface area contributed by atoms with Crippen LogP contribution in [0.2, 0.25) is 5.02 Å². The molecular weight excluding hydrogens is 262 g/mol.